The molecule has 3 aromatic rings. The number of carbonyl (C=O) groups excluding carboxylic acids is 2. The highest BCUT2D eigenvalue weighted by molar-refractivity contribution is 8.00. The van der Waals surface area contributed by atoms with Crippen LogP contribution in [0.1, 0.15) is 42.8 Å². The molecule has 0 N–H and O–H groups in total. The highest BCUT2D eigenvalue weighted by atomic mass is 35.5. The molecule has 0 spiro atoms. The van der Waals surface area contributed by atoms with Crippen molar-refractivity contribution < 1.29 is 18.7 Å². The molecule has 2 aromatic carbocycles. The van der Waals surface area contributed by atoms with E-state index in [4.69, 9.17) is 21.4 Å². The summed E-state index contributed by atoms with van der Waals surface area (Å²) in [6, 6.07) is 13.6. The number of ether oxygens (including phenoxy) is 1. The minimum absolute atomic E-state index is 0.113. The smallest absolute Gasteiger partial charge is 0.242 e. The van der Waals surface area contributed by atoms with Gasteiger partial charge in [-0.25, -0.2) is 9.07 Å². The van der Waals surface area contributed by atoms with E-state index < -0.39 is 0 Å². The maximum atomic E-state index is 13.9. The number of fused-ring (bicyclic) bond motifs is 1. The Hall–Kier alpha value is -2.88. The number of anilines is 1. The fourth-order valence-electron chi connectivity index (χ4n) is 4.81. The van der Waals surface area contributed by atoms with Crippen molar-refractivity contribution in [1.29, 1.82) is 0 Å². The zero-order chi connectivity index (χ0) is 27.0. The van der Waals surface area contributed by atoms with Crippen LogP contribution in [-0.2, 0) is 19.7 Å². The molecule has 3 heterocycles. The monoisotopic (exact) mass is 556 g/mol. The second-order valence-electron chi connectivity index (χ2n) is 10.4. The van der Waals surface area contributed by atoms with Crippen LogP contribution in [0.5, 0.6) is 0 Å². The largest absolute Gasteiger partial charge is 0.378 e. The first kappa shape index (κ1) is 26.7. The lowest BCUT2D eigenvalue weighted by atomic mass is 9.87. The summed E-state index contributed by atoms with van der Waals surface area (Å²) in [5, 5.41) is 5.29. The molecule has 7 nitrogen and oxygen atoms in total. The van der Waals surface area contributed by atoms with Crippen LogP contribution in [0.25, 0.3) is 5.69 Å². The molecule has 1 aromatic heterocycles. The van der Waals surface area contributed by atoms with Crippen LogP contribution in [0, 0.1) is 5.82 Å². The summed E-state index contributed by atoms with van der Waals surface area (Å²) >= 11 is 7.83. The van der Waals surface area contributed by atoms with Gasteiger partial charge in [0.15, 0.2) is 0 Å². The third-order valence-electron chi connectivity index (χ3n) is 6.68. The van der Waals surface area contributed by atoms with Gasteiger partial charge in [0.05, 0.1) is 35.6 Å². The molecule has 0 radical (unpaired) electrons. The molecule has 0 aliphatic carbocycles. The van der Waals surface area contributed by atoms with Crippen LogP contribution in [0.2, 0.25) is 5.02 Å². The van der Waals surface area contributed by atoms with Crippen LogP contribution in [0.3, 0.4) is 0 Å². The number of aromatic nitrogens is 2. The zero-order valence-electron chi connectivity index (χ0n) is 21.6. The van der Waals surface area contributed by atoms with Crippen LogP contribution in [0.15, 0.2) is 48.5 Å². The summed E-state index contributed by atoms with van der Waals surface area (Å²) in [4.78, 5) is 30.4. The first-order chi connectivity index (χ1) is 18.1. The summed E-state index contributed by atoms with van der Waals surface area (Å²) in [6.45, 7) is 8.02. The van der Waals surface area contributed by atoms with Crippen molar-refractivity contribution in [3.8, 4) is 5.69 Å². The van der Waals surface area contributed by atoms with E-state index in [1.54, 1.807) is 38.7 Å². The number of thioether (sulfide) groups is 1. The van der Waals surface area contributed by atoms with Gasteiger partial charge in [0.25, 0.3) is 0 Å². The lowest BCUT2D eigenvalue weighted by molar-refractivity contribution is -0.134. The number of hydrogen-bond acceptors (Lipinski definition) is 5. The number of amides is 2. The van der Waals surface area contributed by atoms with E-state index in [0.717, 1.165) is 16.8 Å². The normalized spacial score (nSPS) is 18.3. The van der Waals surface area contributed by atoms with Gasteiger partial charge in [-0.15, -0.1) is 11.8 Å². The predicted octanol–water partition coefficient (Wildman–Crippen LogP) is 4.99. The average molecular weight is 557 g/mol. The van der Waals surface area contributed by atoms with E-state index in [2.05, 4.69) is 20.8 Å². The maximum Gasteiger partial charge on any atom is 0.242 e. The van der Waals surface area contributed by atoms with Gasteiger partial charge in [-0.1, -0.05) is 50.6 Å². The second kappa shape index (κ2) is 10.7. The van der Waals surface area contributed by atoms with Crippen molar-refractivity contribution in [1.82, 2.24) is 14.7 Å². The minimum atomic E-state index is -0.389. The van der Waals surface area contributed by atoms with Crippen molar-refractivity contribution >= 4 is 41.0 Å². The standard InChI is InChI=1S/C28H30ClFN4O3S/c1-28(2,3)26-24-25(18-7-9-20(30)10-8-18)38-17-23(36)33(16-22(35)32-11-13-37-14-12-32)27(24)34(31-26)21-6-4-5-19(29)15-21/h4-10,15,25H,11-14,16-17H2,1-3H3. The summed E-state index contributed by atoms with van der Waals surface area (Å²) in [5.41, 5.74) is 2.80. The topological polar surface area (TPSA) is 67.7 Å². The SMILES string of the molecule is CC(C)(C)c1nn(-c2cccc(Cl)c2)c2c1C(c1ccc(F)cc1)SCC(=O)N2CC(=O)N1CCOCC1. The molecule has 2 amide bonds. The predicted molar refractivity (Wildman–Crippen MR) is 148 cm³/mol. The highest BCUT2D eigenvalue weighted by Gasteiger charge is 2.40. The lowest BCUT2D eigenvalue weighted by Gasteiger charge is -2.30. The zero-order valence-corrected chi connectivity index (χ0v) is 23.2. The number of morpholine rings is 1. The van der Waals surface area contributed by atoms with Crippen molar-refractivity contribution in [3.05, 3.63) is 76.2 Å². The number of hydrogen-bond donors (Lipinski definition) is 0. The quantitative estimate of drug-likeness (QED) is 0.453. The fourth-order valence-corrected chi connectivity index (χ4v) is 6.19. The summed E-state index contributed by atoms with van der Waals surface area (Å²) in [5.74, 6) is 0.0435. The van der Waals surface area contributed by atoms with Crippen LogP contribution >= 0.6 is 23.4 Å². The Balaban J connectivity index is 1.73. The van der Waals surface area contributed by atoms with Gasteiger partial charge in [0.2, 0.25) is 11.8 Å². The van der Waals surface area contributed by atoms with Crippen molar-refractivity contribution in [2.45, 2.75) is 31.4 Å². The molecule has 5 rings (SSSR count). The molecule has 0 bridgehead atoms. The van der Waals surface area contributed by atoms with Gasteiger partial charge in [0, 0.05) is 29.1 Å². The summed E-state index contributed by atoms with van der Waals surface area (Å²) < 4.78 is 21.0. The molecule has 2 aliphatic heterocycles. The molecule has 1 fully saturated rings. The van der Waals surface area contributed by atoms with E-state index in [-0.39, 0.29) is 40.6 Å². The van der Waals surface area contributed by atoms with Crippen LogP contribution < -0.4 is 4.90 Å². The first-order valence-corrected chi connectivity index (χ1v) is 14.0. The number of halogens is 2. The molecule has 38 heavy (non-hydrogen) atoms. The van der Waals surface area contributed by atoms with Crippen molar-refractivity contribution in [2.24, 2.45) is 0 Å². The van der Waals surface area contributed by atoms with Gasteiger partial charge < -0.3 is 9.64 Å². The number of rotatable bonds is 4. The summed E-state index contributed by atoms with van der Waals surface area (Å²) in [7, 11) is 0. The van der Waals surface area contributed by atoms with Crippen LogP contribution in [0.4, 0.5) is 10.2 Å². The molecule has 1 saturated heterocycles. The van der Waals surface area contributed by atoms with Gasteiger partial charge in [-0.05, 0) is 35.9 Å². The highest BCUT2D eigenvalue weighted by Crippen LogP contribution is 2.48. The number of nitrogens with zero attached hydrogens (tertiary/aromatic N) is 4. The van der Waals surface area contributed by atoms with E-state index in [0.29, 0.717) is 42.8 Å². The summed E-state index contributed by atoms with van der Waals surface area (Å²) in [6.07, 6.45) is 0. The van der Waals surface area contributed by atoms with E-state index in [1.165, 1.54) is 23.9 Å². The molecule has 2 aliphatic rings. The van der Waals surface area contributed by atoms with E-state index >= 15 is 0 Å². The molecule has 1 atom stereocenters. The van der Waals surface area contributed by atoms with E-state index in [9.17, 15) is 14.0 Å². The minimum Gasteiger partial charge on any atom is -0.378 e. The first-order valence-electron chi connectivity index (χ1n) is 12.6. The van der Waals surface area contributed by atoms with Gasteiger partial charge in [-0.3, -0.25) is 14.5 Å². The van der Waals surface area contributed by atoms with Gasteiger partial charge in [-0.2, -0.15) is 5.10 Å². The van der Waals surface area contributed by atoms with Gasteiger partial charge >= 0.3 is 0 Å². The molecule has 200 valence electrons. The molecular weight excluding hydrogens is 527 g/mol. The second-order valence-corrected chi connectivity index (χ2v) is 12.0. The number of benzene rings is 2. The molecule has 0 saturated carbocycles. The Morgan fingerprint density at radius 3 is 2.53 bits per heavy atom. The molecule has 1 unspecified atom stereocenters. The lowest BCUT2D eigenvalue weighted by Crippen LogP contribution is -2.48. The Morgan fingerprint density at radius 1 is 1.16 bits per heavy atom. The fraction of sp³-hybridized carbons (Fsp3) is 0.393. The third kappa shape index (κ3) is 5.32. The number of carbonyl (C=O) groups is 2. The molecule has 10 heteroatoms. The van der Waals surface area contributed by atoms with Crippen molar-refractivity contribution in [2.75, 3.05) is 43.5 Å². The van der Waals surface area contributed by atoms with Crippen molar-refractivity contribution in [3.63, 3.8) is 0 Å². The Morgan fingerprint density at radius 2 is 1.87 bits per heavy atom. The third-order valence-corrected chi connectivity index (χ3v) is 8.17. The molecular formula is C28H30ClFN4O3S. The Labute approximate surface area is 230 Å². The Bertz CT molecular complexity index is 1350. The maximum absolute atomic E-state index is 13.9. The Kier molecular flexibility index (Phi) is 7.53. The van der Waals surface area contributed by atoms with Crippen LogP contribution in [-0.4, -0.2) is 65.1 Å². The van der Waals surface area contributed by atoms with E-state index in [1.807, 2.05) is 12.1 Å². The van der Waals surface area contributed by atoms with Gasteiger partial charge in [0.1, 0.15) is 18.2 Å². The average Bonchev–Trinajstić information content (AvgIpc) is 3.23.